The quantitative estimate of drug-likeness (QED) is 0.747. The molecule has 0 spiro atoms. The van der Waals surface area contributed by atoms with E-state index in [0.717, 1.165) is 6.42 Å². The second-order valence-corrected chi connectivity index (χ2v) is 9.12. The zero-order valence-electron chi connectivity index (χ0n) is 17.1. The van der Waals surface area contributed by atoms with Gasteiger partial charge in [-0.3, -0.25) is 0 Å². The van der Waals surface area contributed by atoms with E-state index in [1.165, 1.54) is 0 Å². The third-order valence-electron chi connectivity index (χ3n) is 5.13. The van der Waals surface area contributed by atoms with Gasteiger partial charge in [0, 0.05) is 25.2 Å². The Hall–Kier alpha value is -1.86. The van der Waals surface area contributed by atoms with Crippen LogP contribution in [0.5, 0.6) is 5.75 Å². The molecule has 7 nitrogen and oxygen atoms in total. The highest BCUT2D eigenvalue weighted by atomic mass is 35.5. The highest BCUT2D eigenvalue weighted by Crippen LogP contribution is 2.39. The van der Waals surface area contributed by atoms with E-state index < -0.39 is 5.60 Å². The lowest BCUT2D eigenvalue weighted by Crippen LogP contribution is -2.53. The normalized spacial score (nSPS) is 22.5. The lowest BCUT2D eigenvalue weighted by atomic mass is 9.99. The van der Waals surface area contributed by atoms with Crippen LogP contribution in [0.15, 0.2) is 12.1 Å². The summed E-state index contributed by atoms with van der Waals surface area (Å²) in [7, 11) is 1.56. The number of hydrogen-bond acceptors (Lipinski definition) is 4. The number of ether oxygens (including phenoxy) is 2. The van der Waals surface area contributed by atoms with Crippen molar-refractivity contribution in [1.29, 1.82) is 0 Å². The predicted octanol–water partition coefficient (Wildman–Crippen LogP) is 4.47. The molecule has 3 amide bonds. The Bertz CT molecular complexity index is 797. The van der Waals surface area contributed by atoms with Crippen LogP contribution >= 0.6 is 23.2 Å². The van der Waals surface area contributed by atoms with Crippen LogP contribution in [0.1, 0.15) is 45.2 Å². The minimum atomic E-state index is -0.541. The molecule has 2 aliphatic rings. The molecule has 2 saturated heterocycles. The van der Waals surface area contributed by atoms with E-state index in [4.69, 9.17) is 32.7 Å². The fourth-order valence-corrected chi connectivity index (χ4v) is 4.23. The number of amides is 3. The van der Waals surface area contributed by atoms with Gasteiger partial charge in [0.05, 0.1) is 29.2 Å². The molecule has 2 atom stereocenters. The van der Waals surface area contributed by atoms with Gasteiger partial charge in [-0.05, 0) is 45.7 Å². The van der Waals surface area contributed by atoms with E-state index in [-0.39, 0.29) is 24.2 Å². The molecule has 0 aliphatic carbocycles. The number of carbonyl (C=O) groups excluding carboxylic acids is 2. The molecule has 0 bridgehead atoms. The van der Waals surface area contributed by atoms with Crippen molar-refractivity contribution in [1.82, 2.24) is 15.1 Å². The Kier molecular flexibility index (Phi) is 6.39. The van der Waals surface area contributed by atoms with E-state index in [0.29, 0.717) is 47.4 Å². The third-order valence-corrected chi connectivity index (χ3v) is 5.95. The van der Waals surface area contributed by atoms with Gasteiger partial charge in [-0.15, -0.1) is 0 Å². The van der Waals surface area contributed by atoms with E-state index >= 15 is 0 Å². The Morgan fingerprint density at radius 1 is 1.21 bits per heavy atom. The summed E-state index contributed by atoms with van der Waals surface area (Å²) in [5.41, 5.74) is 0.150. The Balaban J connectivity index is 1.66. The molecule has 2 fully saturated rings. The van der Waals surface area contributed by atoms with E-state index in [9.17, 15) is 9.59 Å². The molecule has 0 radical (unpaired) electrons. The molecule has 1 aromatic rings. The number of nitrogens with one attached hydrogen (secondary N) is 1. The molecule has 2 unspecified atom stereocenters. The van der Waals surface area contributed by atoms with E-state index in [2.05, 4.69) is 5.32 Å². The maximum atomic E-state index is 12.8. The van der Waals surface area contributed by atoms with Gasteiger partial charge in [-0.1, -0.05) is 23.2 Å². The Labute approximate surface area is 181 Å². The fraction of sp³-hybridized carbons (Fsp3) is 0.600. The molecule has 9 heteroatoms. The molecular formula is C20H27Cl2N3O4. The molecule has 29 heavy (non-hydrogen) atoms. The smallest absolute Gasteiger partial charge is 0.410 e. The van der Waals surface area contributed by atoms with E-state index in [1.807, 2.05) is 20.8 Å². The first-order valence-electron chi connectivity index (χ1n) is 9.67. The molecule has 0 aromatic heterocycles. The van der Waals surface area contributed by atoms with Gasteiger partial charge in [-0.2, -0.15) is 0 Å². The molecule has 2 aliphatic heterocycles. The first-order valence-corrected chi connectivity index (χ1v) is 10.4. The molecule has 3 rings (SSSR count). The largest absolute Gasteiger partial charge is 0.496 e. The zero-order valence-corrected chi connectivity index (χ0v) is 18.6. The lowest BCUT2D eigenvalue weighted by Gasteiger charge is -2.37. The summed E-state index contributed by atoms with van der Waals surface area (Å²) in [4.78, 5) is 28.6. The predicted molar refractivity (Wildman–Crippen MR) is 112 cm³/mol. The number of benzene rings is 1. The van der Waals surface area contributed by atoms with Crippen molar-refractivity contribution >= 4 is 35.3 Å². The molecule has 1 aromatic carbocycles. The maximum Gasteiger partial charge on any atom is 0.410 e. The van der Waals surface area contributed by atoms with Crippen molar-refractivity contribution in [2.75, 3.05) is 26.7 Å². The first-order chi connectivity index (χ1) is 13.6. The number of rotatable bonds is 3. The third kappa shape index (κ3) is 4.83. The van der Waals surface area contributed by atoms with E-state index in [1.54, 1.807) is 29.0 Å². The van der Waals surface area contributed by atoms with Crippen molar-refractivity contribution in [3.8, 4) is 5.75 Å². The number of methoxy groups -OCH3 is 1. The van der Waals surface area contributed by atoms with Crippen molar-refractivity contribution in [3.05, 3.63) is 27.7 Å². The number of nitrogens with zero attached hydrogens (tertiary/aromatic N) is 2. The summed E-state index contributed by atoms with van der Waals surface area (Å²) >= 11 is 12.6. The summed E-state index contributed by atoms with van der Waals surface area (Å²) in [6.07, 6.45) is 1.04. The van der Waals surface area contributed by atoms with Crippen LogP contribution in [0, 0.1) is 0 Å². The van der Waals surface area contributed by atoms with Gasteiger partial charge in [0.1, 0.15) is 11.4 Å². The summed E-state index contributed by atoms with van der Waals surface area (Å²) in [5, 5.41) is 3.82. The fourth-order valence-electron chi connectivity index (χ4n) is 3.78. The van der Waals surface area contributed by atoms with Gasteiger partial charge < -0.3 is 24.6 Å². The minimum absolute atomic E-state index is 0.0415. The van der Waals surface area contributed by atoms with Gasteiger partial charge in [-0.25, -0.2) is 9.59 Å². The van der Waals surface area contributed by atoms with Crippen LogP contribution in [0.25, 0.3) is 0 Å². The van der Waals surface area contributed by atoms with Crippen molar-refractivity contribution in [3.63, 3.8) is 0 Å². The number of hydrogen-bond donors (Lipinski definition) is 1. The highest BCUT2D eigenvalue weighted by Gasteiger charge is 2.38. The van der Waals surface area contributed by atoms with Crippen LogP contribution in [-0.2, 0) is 4.74 Å². The van der Waals surface area contributed by atoms with Crippen LogP contribution in [-0.4, -0.2) is 60.3 Å². The van der Waals surface area contributed by atoms with Crippen LogP contribution in [0.2, 0.25) is 10.0 Å². The van der Waals surface area contributed by atoms with Gasteiger partial charge >= 0.3 is 12.1 Å². The average molecular weight is 444 g/mol. The average Bonchev–Trinajstić information content (AvgIpc) is 3.12. The lowest BCUT2D eigenvalue weighted by molar-refractivity contribution is 0.0281. The molecule has 160 valence electrons. The summed E-state index contributed by atoms with van der Waals surface area (Å²) in [5.74, 6) is 0.593. The molecule has 0 saturated carbocycles. The SMILES string of the molecule is COc1ccc(Cl)c(Cl)c1C1CCN(C2CCN(C(=O)OC(C)(C)C)C2)C(=O)N1. The van der Waals surface area contributed by atoms with Crippen LogP contribution in [0.3, 0.4) is 0 Å². The van der Waals surface area contributed by atoms with Crippen molar-refractivity contribution in [2.45, 2.75) is 51.3 Å². The number of halogens is 2. The topological polar surface area (TPSA) is 71.1 Å². The number of likely N-dealkylation sites (tertiary alicyclic amines) is 1. The molecule has 2 heterocycles. The van der Waals surface area contributed by atoms with Crippen molar-refractivity contribution in [2.24, 2.45) is 0 Å². The van der Waals surface area contributed by atoms with Crippen LogP contribution < -0.4 is 10.1 Å². The standard InChI is InChI=1S/C20H27Cl2N3O4/c1-20(2,3)29-19(27)24-9-7-12(11-24)25-10-8-14(23-18(25)26)16-15(28-4)6-5-13(21)17(16)22/h5-6,12,14H,7-11H2,1-4H3,(H,23,26). The highest BCUT2D eigenvalue weighted by molar-refractivity contribution is 6.42. The van der Waals surface area contributed by atoms with Gasteiger partial charge in [0.25, 0.3) is 0 Å². The maximum absolute atomic E-state index is 12.8. The molecule has 1 N–H and O–H groups in total. The van der Waals surface area contributed by atoms with Gasteiger partial charge in [0.15, 0.2) is 0 Å². The Morgan fingerprint density at radius 2 is 1.93 bits per heavy atom. The first kappa shape index (κ1) is 21.8. The van der Waals surface area contributed by atoms with Gasteiger partial charge in [0.2, 0.25) is 0 Å². The van der Waals surface area contributed by atoms with Crippen LogP contribution in [0.4, 0.5) is 9.59 Å². The van der Waals surface area contributed by atoms with Crippen molar-refractivity contribution < 1.29 is 19.1 Å². The zero-order chi connectivity index (χ0) is 21.3. The summed E-state index contributed by atoms with van der Waals surface area (Å²) in [6, 6.07) is 2.91. The molecular weight excluding hydrogens is 417 g/mol. The second kappa shape index (κ2) is 8.48. The Morgan fingerprint density at radius 3 is 2.55 bits per heavy atom. The summed E-state index contributed by atoms with van der Waals surface area (Å²) in [6.45, 7) is 7.11. The minimum Gasteiger partial charge on any atom is -0.496 e. The summed E-state index contributed by atoms with van der Waals surface area (Å²) < 4.78 is 10.8. The number of carbonyl (C=O) groups is 2. The number of urea groups is 1. The second-order valence-electron chi connectivity index (χ2n) is 8.33. The monoisotopic (exact) mass is 443 g/mol.